The third kappa shape index (κ3) is 5.33. The lowest BCUT2D eigenvalue weighted by Crippen LogP contribution is -2.39. The van der Waals surface area contributed by atoms with Crippen LogP contribution in [0.25, 0.3) is 6.08 Å². The molecule has 2 aliphatic rings. The first-order chi connectivity index (χ1) is 15.7. The van der Waals surface area contributed by atoms with Gasteiger partial charge in [-0.15, -0.1) is 0 Å². The molecule has 1 fully saturated rings. The van der Waals surface area contributed by atoms with E-state index in [0.717, 1.165) is 17.3 Å². The number of rotatable bonds is 5. The van der Waals surface area contributed by atoms with Crippen LogP contribution >= 0.6 is 11.8 Å². The van der Waals surface area contributed by atoms with Crippen molar-refractivity contribution in [3.63, 3.8) is 0 Å². The molecule has 172 valence electrons. The van der Waals surface area contributed by atoms with Gasteiger partial charge in [0, 0.05) is 13.1 Å². The summed E-state index contributed by atoms with van der Waals surface area (Å²) in [4.78, 5) is 33.1. The third-order valence-electron chi connectivity index (χ3n) is 5.49. The van der Waals surface area contributed by atoms with Gasteiger partial charge in [-0.25, -0.2) is 17.8 Å². The molecule has 0 aliphatic carbocycles. The molecule has 7 nitrogen and oxygen atoms in total. The number of halogens is 1. The molecule has 2 aromatic rings. The molecule has 0 saturated carbocycles. The number of aliphatic imine (C=N–C) groups is 1. The summed E-state index contributed by atoms with van der Waals surface area (Å²) in [6.07, 6.45) is 2.07. The fourth-order valence-electron chi connectivity index (χ4n) is 3.63. The maximum absolute atomic E-state index is 13.4. The Bertz CT molecular complexity index is 1230. The standard InChI is InChI=1S/C23H22FN3O4S2/c1-26(19-11-12-33(30,31)15-19)21(28)14-32-23-25-20(13-16-5-3-2-4-6-16)22(29)27(23)18-9-7-17(24)8-10-18/h2-10,13,19H,11-12,14-15H2,1H3/b20-13+. The molecule has 2 aliphatic heterocycles. The highest BCUT2D eigenvalue weighted by Crippen LogP contribution is 2.30. The lowest BCUT2D eigenvalue weighted by molar-refractivity contribution is -0.128. The molecule has 10 heteroatoms. The predicted molar refractivity (Wildman–Crippen MR) is 128 cm³/mol. The SMILES string of the molecule is CN(C(=O)CSC1=N/C(=C/c2ccccc2)C(=O)N1c1ccc(F)cc1)C1CCS(=O)(=O)C1. The monoisotopic (exact) mass is 487 g/mol. The molecule has 4 rings (SSSR count). The summed E-state index contributed by atoms with van der Waals surface area (Å²) >= 11 is 1.08. The van der Waals surface area contributed by atoms with Gasteiger partial charge in [-0.3, -0.25) is 14.5 Å². The van der Waals surface area contributed by atoms with Crippen LogP contribution in [0.5, 0.6) is 0 Å². The van der Waals surface area contributed by atoms with Crippen molar-refractivity contribution < 1.29 is 22.4 Å². The number of anilines is 1. The van der Waals surface area contributed by atoms with Crippen molar-refractivity contribution in [3.8, 4) is 0 Å². The number of hydrogen-bond acceptors (Lipinski definition) is 6. The molecule has 1 saturated heterocycles. The van der Waals surface area contributed by atoms with E-state index in [1.165, 1.54) is 34.1 Å². The number of thioether (sulfide) groups is 1. The Kier molecular flexibility index (Phi) is 6.66. The van der Waals surface area contributed by atoms with E-state index in [2.05, 4.69) is 4.99 Å². The van der Waals surface area contributed by atoms with Gasteiger partial charge in [0.1, 0.15) is 11.5 Å². The average molecular weight is 488 g/mol. The lowest BCUT2D eigenvalue weighted by Gasteiger charge is -2.24. The molecule has 2 aromatic carbocycles. The van der Waals surface area contributed by atoms with Crippen molar-refractivity contribution in [1.82, 2.24) is 4.90 Å². The highest BCUT2D eigenvalue weighted by molar-refractivity contribution is 8.14. The summed E-state index contributed by atoms with van der Waals surface area (Å²) in [5.41, 5.74) is 1.44. The van der Waals surface area contributed by atoms with Crippen LogP contribution < -0.4 is 4.90 Å². The normalized spacial score (nSPS) is 20.8. The van der Waals surface area contributed by atoms with Crippen LogP contribution in [-0.2, 0) is 19.4 Å². The minimum atomic E-state index is -3.11. The van der Waals surface area contributed by atoms with Crippen LogP contribution in [-0.4, -0.2) is 60.6 Å². The first kappa shape index (κ1) is 23.2. The summed E-state index contributed by atoms with van der Waals surface area (Å²) < 4.78 is 36.9. The summed E-state index contributed by atoms with van der Waals surface area (Å²) in [5, 5.41) is 0.301. The quantitative estimate of drug-likeness (QED) is 0.606. The Morgan fingerprint density at radius 1 is 1.21 bits per heavy atom. The second-order valence-corrected chi connectivity index (χ2v) is 11.0. The zero-order valence-electron chi connectivity index (χ0n) is 17.8. The highest BCUT2D eigenvalue weighted by atomic mass is 32.2. The molecule has 1 unspecified atom stereocenters. The van der Waals surface area contributed by atoms with Crippen molar-refractivity contribution in [1.29, 1.82) is 0 Å². The molecule has 2 amide bonds. The molecule has 1 atom stereocenters. The predicted octanol–water partition coefficient (Wildman–Crippen LogP) is 2.95. The Balaban J connectivity index is 1.55. The van der Waals surface area contributed by atoms with E-state index in [4.69, 9.17) is 0 Å². The van der Waals surface area contributed by atoms with Gasteiger partial charge in [0.25, 0.3) is 5.91 Å². The summed E-state index contributed by atoms with van der Waals surface area (Å²) in [5.74, 6) is -1.04. The number of amides is 2. The molecule has 0 aromatic heterocycles. The topological polar surface area (TPSA) is 87.1 Å². The van der Waals surface area contributed by atoms with Gasteiger partial charge in [0.05, 0.1) is 22.9 Å². The molecule has 0 bridgehead atoms. The summed E-state index contributed by atoms with van der Waals surface area (Å²) in [6, 6.07) is 14.4. The van der Waals surface area contributed by atoms with Crippen LogP contribution in [0.15, 0.2) is 65.3 Å². The Morgan fingerprint density at radius 3 is 2.55 bits per heavy atom. The second-order valence-electron chi connectivity index (χ2n) is 7.80. The molecule has 0 radical (unpaired) electrons. The first-order valence-electron chi connectivity index (χ1n) is 10.3. The van der Waals surface area contributed by atoms with E-state index in [1.54, 1.807) is 13.1 Å². The Hall–Kier alpha value is -2.98. The first-order valence-corrected chi connectivity index (χ1v) is 13.1. The van der Waals surface area contributed by atoms with Crippen LogP contribution in [0, 0.1) is 5.82 Å². The Morgan fingerprint density at radius 2 is 1.91 bits per heavy atom. The minimum absolute atomic E-state index is 0.0184. The number of carbonyl (C=O) groups is 2. The van der Waals surface area contributed by atoms with E-state index in [0.29, 0.717) is 17.3 Å². The molecule has 0 N–H and O–H groups in total. The van der Waals surface area contributed by atoms with Gasteiger partial charge in [-0.1, -0.05) is 42.1 Å². The maximum atomic E-state index is 13.4. The number of amidine groups is 1. The van der Waals surface area contributed by atoms with E-state index >= 15 is 0 Å². The Labute approximate surface area is 195 Å². The van der Waals surface area contributed by atoms with Crippen molar-refractivity contribution in [2.75, 3.05) is 29.2 Å². The van der Waals surface area contributed by atoms with Gasteiger partial charge < -0.3 is 4.90 Å². The smallest absolute Gasteiger partial charge is 0.283 e. The number of nitrogens with zero attached hydrogens (tertiary/aromatic N) is 3. The van der Waals surface area contributed by atoms with E-state index in [-0.39, 0.29) is 40.8 Å². The fourth-order valence-corrected chi connectivity index (χ4v) is 6.34. The van der Waals surface area contributed by atoms with Gasteiger partial charge >= 0.3 is 0 Å². The number of sulfone groups is 1. The molecule has 0 spiro atoms. The fraction of sp³-hybridized carbons (Fsp3) is 0.261. The van der Waals surface area contributed by atoms with Crippen molar-refractivity contribution in [2.45, 2.75) is 12.5 Å². The van der Waals surface area contributed by atoms with Crippen LogP contribution in [0.4, 0.5) is 10.1 Å². The molecule has 2 heterocycles. The van der Waals surface area contributed by atoms with Gasteiger partial charge in [0.2, 0.25) is 5.91 Å². The minimum Gasteiger partial charge on any atom is -0.341 e. The van der Waals surface area contributed by atoms with Crippen LogP contribution in [0.2, 0.25) is 0 Å². The van der Waals surface area contributed by atoms with Crippen molar-refractivity contribution in [3.05, 3.63) is 71.7 Å². The zero-order valence-corrected chi connectivity index (χ0v) is 19.5. The average Bonchev–Trinajstić information content (AvgIpc) is 3.31. The lowest BCUT2D eigenvalue weighted by atomic mass is 10.2. The van der Waals surface area contributed by atoms with Crippen LogP contribution in [0.1, 0.15) is 12.0 Å². The third-order valence-corrected chi connectivity index (χ3v) is 8.17. The van der Waals surface area contributed by atoms with Crippen molar-refractivity contribution in [2.24, 2.45) is 4.99 Å². The maximum Gasteiger partial charge on any atom is 0.283 e. The van der Waals surface area contributed by atoms with E-state index in [9.17, 15) is 22.4 Å². The van der Waals surface area contributed by atoms with Gasteiger partial charge in [-0.2, -0.15) is 0 Å². The van der Waals surface area contributed by atoms with E-state index < -0.39 is 15.7 Å². The largest absolute Gasteiger partial charge is 0.341 e. The number of hydrogen-bond donors (Lipinski definition) is 0. The van der Waals surface area contributed by atoms with Gasteiger partial charge in [-0.05, 0) is 42.3 Å². The van der Waals surface area contributed by atoms with E-state index in [1.807, 2.05) is 30.3 Å². The number of carbonyl (C=O) groups excluding carboxylic acids is 2. The van der Waals surface area contributed by atoms with Crippen LogP contribution in [0.3, 0.4) is 0 Å². The highest BCUT2D eigenvalue weighted by Gasteiger charge is 2.35. The molecular weight excluding hydrogens is 465 g/mol. The molecular formula is C23H22FN3O4S2. The zero-order chi connectivity index (χ0) is 23.6. The summed E-state index contributed by atoms with van der Waals surface area (Å²) in [7, 11) is -1.52. The number of benzene rings is 2. The van der Waals surface area contributed by atoms with Crippen molar-refractivity contribution >= 4 is 50.3 Å². The molecule has 33 heavy (non-hydrogen) atoms. The van der Waals surface area contributed by atoms with Gasteiger partial charge in [0.15, 0.2) is 15.0 Å². The second kappa shape index (κ2) is 9.48. The summed E-state index contributed by atoms with van der Waals surface area (Å²) in [6.45, 7) is 0.